The predicted octanol–water partition coefficient (Wildman–Crippen LogP) is -7.70. The Morgan fingerprint density at radius 3 is 0.643 bits per heavy atom. The van der Waals surface area contributed by atoms with Crippen molar-refractivity contribution in [3.05, 3.63) is 0 Å². The molecule has 0 aromatic rings. The second kappa shape index (κ2) is 15.2. The van der Waals surface area contributed by atoms with Crippen LogP contribution in [-0.2, 0) is 20.8 Å². The van der Waals surface area contributed by atoms with Crippen molar-refractivity contribution in [2.24, 2.45) is 0 Å². The van der Waals surface area contributed by atoms with Gasteiger partial charge in [-0.25, -0.2) is 0 Å². The Morgan fingerprint density at radius 2 is 0.643 bits per heavy atom. The first-order valence-corrected chi connectivity index (χ1v) is 4.00. The van der Waals surface area contributed by atoms with Crippen LogP contribution in [-0.4, -0.2) is 63.4 Å². The van der Waals surface area contributed by atoms with Crippen LogP contribution in [0, 0.1) is 0 Å². The Hall–Kier alpha value is 2.24. The molecule has 0 amide bonds. The van der Waals surface area contributed by atoms with E-state index in [0.717, 1.165) is 0 Å². The summed E-state index contributed by atoms with van der Waals surface area (Å²) in [6.45, 7) is 0. The summed E-state index contributed by atoms with van der Waals surface area (Å²) in [5.41, 5.74) is 0. The third-order valence-electron chi connectivity index (χ3n) is 0. The van der Waals surface area contributed by atoms with Gasteiger partial charge in [-0.2, -0.15) is 0 Å². The summed E-state index contributed by atoms with van der Waals surface area (Å²) in [5, 5.41) is 0. The van der Waals surface area contributed by atoms with Crippen molar-refractivity contribution in [3.8, 4) is 0 Å². The van der Waals surface area contributed by atoms with Gasteiger partial charge in [0, 0.05) is 20.8 Å². The molecule has 0 bridgehead atoms. The Morgan fingerprint density at radius 1 is 0.643 bits per heavy atom. The van der Waals surface area contributed by atoms with E-state index in [0.29, 0.717) is 0 Å². The molecule has 0 radical (unpaired) electrons. The van der Waals surface area contributed by atoms with Gasteiger partial charge in [0.15, 0.2) is 0 Å². The molecule has 0 rings (SSSR count). The largest absolute Gasteiger partial charge is 3.00 e. The van der Waals surface area contributed by atoms with Crippen LogP contribution >= 0.6 is 0 Å². The van der Waals surface area contributed by atoms with Crippen LogP contribution in [0.3, 0.4) is 0 Å². The first kappa shape index (κ1) is 36.0. The van der Waals surface area contributed by atoms with Crippen LogP contribution in [0.2, 0.25) is 0 Å². The first-order valence-electron chi connectivity index (χ1n) is 1.33. The molecule has 10 nitrogen and oxygen atoms in total. The Labute approximate surface area is 150 Å². The average molecular weight is 388 g/mol. The first-order chi connectivity index (χ1) is 4.00. The van der Waals surface area contributed by atoms with E-state index < -0.39 is 20.8 Å². The molecular formula is H4AlCsO10S2. The molecular weight excluding hydrogens is 384 g/mol. The molecule has 0 saturated heterocycles. The zero-order valence-corrected chi connectivity index (χ0v) is 15.7. The Balaban J connectivity index is -0.0000000178. The van der Waals surface area contributed by atoms with Crippen molar-refractivity contribution in [1.82, 2.24) is 0 Å². The SMILES string of the molecule is O.O.O=S(=O)([O-])[O-].O=S(=O)([O-])[O-].[Al+3].[Cs+]. The molecule has 14 heavy (non-hydrogen) atoms. The van der Waals surface area contributed by atoms with Crippen LogP contribution in [0.5, 0.6) is 0 Å². The molecule has 0 atom stereocenters. The molecule has 0 unspecified atom stereocenters. The van der Waals surface area contributed by atoms with Crippen LogP contribution in [0.25, 0.3) is 0 Å². The molecule has 0 aliphatic heterocycles. The molecule has 4 N–H and O–H groups in total. The summed E-state index contributed by atoms with van der Waals surface area (Å²) in [6.07, 6.45) is 0. The van der Waals surface area contributed by atoms with Gasteiger partial charge in [-0.1, -0.05) is 0 Å². The van der Waals surface area contributed by atoms with Crippen molar-refractivity contribution >= 4 is 38.2 Å². The minimum atomic E-state index is -5.17. The van der Waals surface area contributed by atoms with Crippen molar-refractivity contribution in [2.45, 2.75) is 0 Å². The monoisotopic (exact) mass is 388 g/mol. The van der Waals surface area contributed by atoms with Gasteiger partial charge in [-0.3, -0.25) is 16.8 Å². The van der Waals surface area contributed by atoms with Gasteiger partial charge in [0.2, 0.25) is 0 Å². The number of hydrogen-bond donors (Lipinski definition) is 0. The fourth-order valence-electron chi connectivity index (χ4n) is 0. The van der Waals surface area contributed by atoms with Crippen molar-refractivity contribution in [1.29, 1.82) is 0 Å². The smallest absolute Gasteiger partial charge is 0.759 e. The van der Waals surface area contributed by atoms with Crippen molar-refractivity contribution < 1.29 is 115 Å². The fourth-order valence-corrected chi connectivity index (χ4v) is 0. The van der Waals surface area contributed by atoms with E-state index in [1.807, 2.05) is 0 Å². The Kier molecular flexibility index (Phi) is 39.2. The van der Waals surface area contributed by atoms with Crippen LogP contribution in [0.1, 0.15) is 0 Å². The molecule has 0 aliphatic rings. The van der Waals surface area contributed by atoms with Gasteiger partial charge in [-0.05, 0) is 0 Å². The molecule has 0 fully saturated rings. The predicted molar refractivity (Wildman–Crippen MR) is 33.9 cm³/mol. The summed E-state index contributed by atoms with van der Waals surface area (Å²) >= 11 is 0. The standard InChI is InChI=1S/Al.Cs.2H2O4S.2H2O/c;;2*1-5(2,3)4;;/h;;2*(H2,1,2,3,4);2*1H2/q+3;+1;;;;/p-4. The second-order valence-corrected chi connectivity index (χ2v) is 2.45. The molecule has 0 heterocycles. The molecule has 14 heteroatoms. The summed E-state index contributed by atoms with van der Waals surface area (Å²) in [7, 11) is -10.3. The van der Waals surface area contributed by atoms with E-state index in [-0.39, 0.29) is 97.2 Å². The molecule has 0 aromatic heterocycles. The fraction of sp³-hybridized carbons (Fsp3) is 0. The Bertz CT molecular complexity index is 214. The maximum absolute atomic E-state index is 8.52. The molecule has 0 saturated carbocycles. The topological polar surface area (TPSA) is 224 Å². The number of rotatable bonds is 0. The summed E-state index contributed by atoms with van der Waals surface area (Å²) in [6, 6.07) is 0. The van der Waals surface area contributed by atoms with Gasteiger partial charge in [0.05, 0.1) is 0 Å². The zero-order valence-electron chi connectivity index (χ0n) is 6.66. The van der Waals surface area contributed by atoms with E-state index in [2.05, 4.69) is 0 Å². The van der Waals surface area contributed by atoms with Crippen molar-refractivity contribution in [3.63, 3.8) is 0 Å². The van der Waals surface area contributed by atoms with E-state index in [1.165, 1.54) is 0 Å². The van der Waals surface area contributed by atoms with Crippen LogP contribution in [0.4, 0.5) is 0 Å². The maximum atomic E-state index is 8.52. The zero-order chi connectivity index (χ0) is 9.00. The van der Waals surface area contributed by atoms with E-state index in [9.17, 15) is 0 Å². The van der Waals surface area contributed by atoms with Crippen LogP contribution in [0.15, 0.2) is 0 Å². The summed E-state index contributed by atoms with van der Waals surface area (Å²) < 4.78 is 68.2. The van der Waals surface area contributed by atoms with E-state index in [4.69, 9.17) is 35.0 Å². The minimum absolute atomic E-state index is 0. The molecule has 0 aliphatic carbocycles. The average Bonchev–Trinajstić information content (AvgIpc) is 1.12. The van der Waals surface area contributed by atoms with Crippen molar-refractivity contribution in [2.75, 3.05) is 0 Å². The second-order valence-electron chi connectivity index (χ2n) is 0.816. The van der Waals surface area contributed by atoms with Gasteiger partial charge in [0.25, 0.3) is 0 Å². The summed E-state index contributed by atoms with van der Waals surface area (Å²) in [5.74, 6) is 0. The van der Waals surface area contributed by atoms with Gasteiger partial charge in [-0.15, -0.1) is 0 Å². The van der Waals surface area contributed by atoms with Gasteiger partial charge >= 0.3 is 86.3 Å². The molecule has 80 valence electrons. The number of hydrogen-bond acceptors (Lipinski definition) is 8. The van der Waals surface area contributed by atoms with Gasteiger partial charge < -0.3 is 29.2 Å². The third kappa shape index (κ3) is 496. The third-order valence-corrected chi connectivity index (χ3v) is 0. The van der Waals surface area contributed by atoms with E-state index >= 15 is 0 Å². The van der Waals surface area contributed by atoms with Gasteiger partial charge in [0.1, 0.15) is 0 Å². The minimum Gasteiger partial charge on any atom is -0.759 e. The molecule has 0 aromatic carbocycles. The maximum Gasteiger partial charge on any atom is 3.00 e. The summed E-state index contributed by atoms with van der Waals surface area (Å²) in [4.78, 5) is 0. The van der Waals surface area contributed by atoms with Crippen LogP contribution < -0.4 is 68.9 Å². The van der Waals surface area contributed by atoms with E-state index in [1.54, 1.807) is 0 Å². The quantitative estimate of drug-likeness (QED) is 0.219. The normalized spacial score (nSPS) is 8.29. The molecule has 0 spiro atoms.